The van der Waals surface area contributed by atoms with Crippen LogP contribution in [0.2, 0.25) is 0 Å². The van der Waals surface area contributed by atoms with Gasteiger partial charge in [-0.1, -0.05) is 25.5 Å². The molecule has 1 aromatic carbocycles. The Morgan fingerprint density at radius 2 is 2.04 bits per heavy atom. The Morgan fingerprint density at radius 3 is 2.77 bits per heavy atom. The summed E-state index contributed by atoms with van der Waals surface area (Å²) in [6, 6.07) is 7.64. The highest BCUT2D eigenvalue weighted by molar-refractivity contribution is 6.07. The Kier molecular flexibility index (Phi) is 4.09. The van der Waals surface area contributed by atoms with Crippen LogP contribution in [0.15, 0.2) is 29.3 Å². The maximum absolute atomic E-state index is 13.1. The number of rotatable bonds is 4. The number of hydrogen-bond acceptors (Lipinski definition) is 5. The van der Waals surface area contributed by atoms with Gasteiger partial charge >= 0.3 is 6.03 Å². The van der Waals surface area contributed by atoms with E-state index in [1.807, 2.05) is 6.07 Å². The van der Waals surface area contributed by atoms with Crippen LogP contribution in [-0.4, -0.2) is 71.5 Å². The zero-order chi connectivity index (χ0) is 18.4. The molecule has 26 heavy (non-hydrogen) atoms. The predicted octanol–water partition coefficient (Wildman–Crippen LogP) is 1.88. The maximum Gasteiger partial charge on any atom is 0.328 e. The molecule has 0 aromatic heterocycles. The second-order valence-electron chi connectivity index (χ2n) is 7.21. The van der Waals surface area contributed by atoms with Crippen LogP contribution in [0.1, 0.15) is 25.3 Å². The van der Waals surface area contributed by atoms with E-state index >= 15 is 0 Å². The van der Waals surface area contributed by atoms with Crippen LogP contribution in [0.25, 0.3) is 0 Å². The fourth-order valence-corrected chi connectivity index (χ4v) is 4.00. The van der Waals surface area contributed by atoms with Crippen molar-refractivity contribution in [1.82, 2.24) is 14.7 Å². The molecule has 0 bridgehead atoms. The lowest BCUT2D eigenvalue weighted by Crippen LogP contribution is -2.64. The van der Waals surface area contributed by atoms with Gasteiger partial charge in [0.25, 0.3) is 5.91 Å². The van der Waals surface area contributed by atoms with Gasteiger partial charge < -0.3 is 14.7 Å². The average Bonchev–Trinajstić information content (AvgIpc) is 3.19. The van der Waals surface area contributed by atoms with Gasteiger partial charge in [-0.3, -0.25) is 9.69 Å². The van der Waals surface area contributed by atoms with E-state index in [0.29, 0.717) is 6.54 Å². The zero-order valence-electron chi connectivity index (χ0n) is 15.6. The van der Waals surface area contributed by atoms with Crippen molar-refractivity contribution < 1.29 is 9.59 Å². The number of fused-ring (bicyclic) bond motifs is 3. The van der Waals surface area contributed by atoms with Gasteiger partial charge in [0.15, 0.2) is 12.2 Å². The van der Waals surface area contributed by atoms with Gasteiger partial charge in [-0.2, -0.15) is 0 Å². The van der Waals surface area contributed by atoms with E-state index in [0.717, 1.165) is 37.6 Å². The minimum atomic E-state index is -0.435. The van der Waals surface area contributed by atoms with Crippen LogP contribution in [0, 0.1) is 6.92 Å². The predicted molar refractivity (Wildman–Crippen MR) is 100 cm³/mol. The lowest BCUT2D eigenvalue weighted by atomic mass is 10.1. The average molecular weight is 355 g/mol. The van der Waals surface area contributed by atoms with Crippen molar-refractivity contribution in [3.05, 3.63) is 29.8 Å². The van der Waals surface area contributed by atoms with Crippen molar-refractivity contribution in [1.29, 1.82) is 0 Å². The summed E-state index contributed by atoms with van der Waals surface area (Å²) in [5.74, 6) is 0.687. The first-order chi connectivity index (χ1) is 12.5. The minimum Gasteiger partial charge on any atom is -0.325 e. The van der Waals surface area contributed by atoms with E-state index < -0.39 is 12.2 Å². The van der Waals surface area contributed by atoms with Crippen LogP contribution in [0.5, 0.6) is 0 Å². The number of aliphatic imine (C=N–C) groups is 1. The number of aryl methyl sites for hydroxylation is 1. The minimum absolute atomic E-state index is 0.114. The maximum atomic E-state index is 13.1. The molecule has 0 N–H and O–H groups in total. The number of amides is 3. The second kappa shape index (κ2) is 6.30. The molecular weight excluding hydrogens is 330 g/mol. The van der Waals surface area contributed by atoms with Gasteiger partial charge in [0, 0.05) is 32.4 Å². The van der Waals surface area contributed by atoms with Gasteiger partial charge in [0.05, 0.1) is 0 Å². The Labute approximate surface area is 153 Å². The van der Waals surface area contributed by atoms with Crippen molar-refractivity contribution in [3.8, 4) is 0 Å². The molecule has 1 aromatic rings. The summed E-state index contributed by atoms with van der Waals surface area (Å²) in [5, 5.41) is 0. The molecule has 0 radical (unpaired) electrons. The number of urea groups is 1. The van der Waals surface area contributed by atoms with Crippen LogP contribution >= 0.6 is 0 Å². The Morgan fingerprint density at radius 1 is 1.23 bits per heavy atom. The van der Waals surface area contributed by atoms with Crippen molar-refractivity contribution >= 4 is 23.6 Å². The topological polar surface area (TPSA) is 59.5 Å². The third kappa shape index (κ3) is 2.45. The zero-order valence-corrected chi connectivity index (χ0v) is 15.6. The fraction of sp³-hybridized carbons (Fsp3) is 0.526. The smallest absolute Gasteiger partial charge is 0.325 e. The molecule has 2 saturated heterocycles. The third-order valence-corrected chi connectivity index (χ3v) is 5.43. The van der Waals surface area contributed by atoms with Crippen LogP contribution in [0.3, 0.4) is 0 Å². The standard InChI is InChI=1S/C19H25N5O2/c1-4-5-9-24-17(25)15-16(21(3)19(24)26)20-18-22(10-11-23(15)18)14-8-6-7-13(2)12-14/h6-8,12,15-16H,4-5,9-11H2,1-3H3. The van der Waals surface area contributed by atoms with Crippen LogP contribution in [0.4, 0.5) is 10.5 Å². The summed E-state index contributed by atoms with van der Waals surface area (Å²) in [6.45, 7) is 6.14. The molecule has 2 atom stereocenters. The normalized spacial score (nSPS) is 25.0. The highest BCUT2D eigenvalue weighted by atomic mass is 16.2. The molecular formula is C19H25N5O2. The monoisotopic (exact) mass is 355 g/mol. The Hall–Kier alpha value is -2.57. The third-order valence-electron chi connectivity index (χ3n) is 5.43. The van der Waals surface area contributed by atoms with Gasteiger partial charge in [0.1, 0.15) is 0 Å². The molecule has 0 spiro atoms. The first-order valence-corrected chi connectivity index (χ1v) is 9.29. The molecule has 3 aliphatic rings. The molecule has 3 amide bonds. The number of carbonyl (C=O) groups excluding carboxylic acids is 2. The molecule has 7 nitrogen and oxygen atoms in total. The van der Waals surface area contributed by atoms with E-state index in [2.05, 4.69) is 41.8 Å². The van der Waals surface area contributed by atoms with Crippen molar-refractivity contribution in [2.24, 2.45) is 4.99 Å². The van der Waals surface area contributed by atoms with Gasteiger partial charge in [-0.25, -0.2) is 9.79 Å². The number of guanidine groups is 1. The first-order valence-electron chi connectivity index (χ1n) is 9.29. The second-order valence-corrected chi connectivity index (χ2v) is 7.21. The Balaban J connectivity index is 1.64. The van der Waals surface area contributed by atoms with Crippen LogP contribution < -0.4 is 4.90 Å². The van der Waals surface area contributed by atoms with E-state index in [1.165, 1.54) is 10.5 Å². The van der Waals surface area contributed by atoms with Gasteiger partial charge in [-0.05, 0) is 31.0 Å². The number of benzene rings is 1. The van der Waals surface area contributed by atoms with Gasteiger partial charge in [-0.15, -0.1) is 0 Å². The summed E-state index contributed by atoms with van der Waals surface area (Å²) < 4.78 is 0. The fourth-order valence-electron chi connectivity index (χ4n) is 4.00. The molecule has 4 rings (SSSR count). The lowest BCUT2D eigenvalue weighted by molar-refractivity contribution is -0.137. The molecule has 138 valence electrons. The highest BCUT2D eigenvalue weighted by Gasteiger charge is 2.54. The Bertz CT molecular complexity index is 777. The molecule has 7 heteroatoms. The highest BCUT2D eigenvalue weighted by Crippen LogP contribution is 2.33. The number of imide groups is 1. The number of anilines is 1. The quantitative estimate of drug-likeness (QED) is 0.827. The largest absolute Gasteiger partial charge is 0.328 e. The summed E-state index contributed by atoms with van der Waals surface area (Å²) in [4.78, 5) is 37.7. The molecule has 0 aliphatic carbocycles. The van der Waals surface area contributed by atoms with Crippen LogP contribution in [-0.2, 0) is 4.79 Å². The van der Waals surface area contributed by atoms with E-state index in [1.54, 1.807) is 11.9 Å². The van der Waals surface area contributed by atoms with E-state index in [-0.39, 0.29) is 11.9 Å². The molecule has 2 unspecified atom stereocenters. The van der Waals surface area contributed by atoms with Gasteiger partial charge in [0.2, 0.25) is 5.96 Å². The first kappa shape index (κ1) is 16.9. The van der Waals surface area contributed by atoms with Crippen molar-refractivity contribution in [3.63, 3.8) is 0 Å². The van der Waals surface area contributed by atoms with Crippen molar-refractivity contribution in [2.75, 3.05) is 31.6 Å². The molecule has 3 aliphatic heterocycles. The number of unbranched alkanes of at least 4 members (excludes halogenated alkanes) is 1. The number of hydrogen-bond donors (Lipinski definition) is 0. The number of nitrogens with zero attached hydrogens (tertiary/aromatic N) is 5. The van der Waals surface area contributed by atoms with E-state index in [9.17, 15) is 9.59 Å². The summed E-state index contributed by atoms with van der Waals surface area (Å²) in [7, 11) is 1.74. The lowest BCUT2D eigenvalue weighted by Gasteiger charge is -2.40. The molecule has 2 fully saturated rings. The SMILES string of the molecule is CCCCN1C(=O)C2C(N=C3N(c4cccc(C)c4)CCN32)N(C)C1=O. The summed E-state index contributed by atoms with van der Waals surface area (Å²) in [6.07, 6.45) is 1.34. The summed E-state index contributed by atoms with van der Waals surface area (Å²) in [5.41, 5.74) is 2.26. The summed E-state index contributed by atoms with van der Waals surface area (Å²) >= 11 is 0. The number of carbonyl (C=O) groups is 2. The molecule has 3 heterocycles. The van der Waals surface area contributed by atoms with E-state index in [4.69, 9.17) is 4.99 Å². The number of likely N-dealkylation sites (N-methyl/N-ethyl adjacent to an activating group) is 1. The van der Waals surface area contributed by atoms with Crippen molar-refractivity contribution in [2.45, 2.75) is 38.9 Å². The molecule has 0 saturated carbocycles.